The molecule has 0 atom stereocenters. The minimum Gasteiger partial charge on any atom is -0.492 e. The monoisotopic (exact) mass is 425 g/mol. The molecule has 8 heteroatoms. The summed E-state index contributed by atoms with van der Waals surface area (Å²) < 4.78 is 5.72. The van der Waals surface area contributed by atoms with Gasteiger partial charge in [-0.2, -0.15) is 0 Å². The van der Waals surface area contributed by atoms with Crippen molar-refractivity contribution < 1.29 is 14.3 Å². The van der Waals surface area contributed by atoms with E-state index in [0.717, 1.165) is 12.0 Å². The van der Waals surface area contributed by atoms with E-state index in [-0.39, 0.29) is 11.8 Å². The molecule has 31 heavy (non-hydrogen) atoms. The van der Waals surface area contributed by atoms with Gasteiger partial charge >= 0.3 is 0 Å². The van der Waals surface area contributed by atoms with Crippen molar-refractivity contribution >= 4 is 23.5 Å². The van der Waals surface area contributed by atoms with E-state index >= 15 is 0 Å². The smallest absolute Gasteiger partial charge is 0.253 e. The molecule has 2 rings (SSSR count). The summed E-state index contributed by atoms with van der Waals surface area (Å²) in [6.07, 6.45) is 0.766. The molecule has 0 fully saturated rings. The number of rotatable bonds is 9. The highest BCUT2D eigenvalue weighted by atomic mass is 16.5. The highest BCUT2D eigenvalue weighted by molar-refractivity contribution is 5.94. The molecule has 0 aromatic heterocycles. The van der Waals surface area contributed by atoms with Crippen molar-refractivity contribution in [3.05, 3.63) is 59.7 Å². The Balaban J connectivity index is 1.73. The number of carbonyl (C=O) groups is 2. The topological polar surface area (TPSA) is 95.1 Å². The van der Waals surface area contributed by atoms with Gasteiger partial charge in [0.2, 0.25) is 5.91 Å². The Labute approximate surface area is 183 Å². The van der Waals surface area contributed by atoms with Gasteiger partial charge in [0.25, 0.3) is 5.91 Å². The van der Waals surface area contributed by atoms with Crippen LogP contribution >= 0.6 is 0 Å². The molecule has 8 nitrogen and oxygen atoms in total. The van der Waals surface area contributed by atoms with Gasteiger partial charge in [0.1, 0.15) is 12.4 Å². The zero-order valence-electron chi connectivity index (χ0n) is 18.6. The van der Waals surface area contributed by atoms with E-state index in [2.05, 4.69) is 20.9 Å². The van der Waals surface area contributed by atoms with Crippen LogP contribution in [0.2, 0.25) is 0 Å². The van der Waals surface area contributed by atoms with Gasteiger partial charge in [0.05, 0.1) is 6.54 Å². The van der Waals surface area contributed by atoms with Crippen molar-refractivity contribution in [3.8, 4) is 5.75 Å². The predicted molar refractivity (Wildman–Crippen MR) is 124 cm³/mol. The third-order valence-corrected chi connectivity index (χ3v) is 4.33. The van der Waals surface area contributed by atoms with Gasteiger partial charge in [-0.15, -0.1) is 0 Å². The van der Waals surface area contributed by atoms with E-state index in [0.29, 0.717) is 42.7 Å². The number of ether oxygens (including phenoxy) is 1. The predicted octanol–water partition coefficient (Wildman–Crippen LogP) is 2.13. The van der Waals surface area contributed by atoms with Crippen LogP contribution < -0.4 is 20.7 Å². The number of hydrogen-bond acceptors (Lipinski definition) is 4. The lowest BCUT2D eigenvalue weighted by Crippen LogP contribution is -2.40. The van der Waals surface area contributed by atoms with Crippen LogP contribution in [0.3, 0.4) is 0 Å². The Kier molecular flexibility index (Phi) is 9.35. The molecule has 2 amide bonds. The minimum absolute atomic E-state index is 0.00472. The molecule has 0 bridgehead atoms. The first kappa shape index (κ1) is 23.7. The van der Waals surface area contributed by atoms with Gasteiger partial charge < -0.3 is 25.6 Å². The zero-order chi connectivity index (χ0) is 22.6. The maximum Gasteiger partial charge on any atom is 0.253 e. The Morgan fingerprint density at radius 1 is 1.03 bits per heavy atom. The second-order valence-corrected chi connectivity index (χ2v) is 7.13. The fourth-order valence-corrected chi connectivity index (χ4v) is 2.87. The summed E-state index contributed by atoms with van der Waals surface area (Å²) in [5.41, 5.74) is 2.47. The Hall–Kier alpha value is -3.55. The molecule has 2 aromatic carbocycles. The van der Waals surface area contributed by atoms with E-state index in [1.807, 2.05) is 42.5 Å². The number of anilines is 1. The van der Waals surface area contributed by atoms with Crippen LogP contribution in [-0.2, 0) is 11.2 Å². The van der Waals surface area contributed by atoms with E-state index in [1.54, 1.807) is 32.1 Å². The summed E-state index contributed by atoms with van der Waals surface area (Å²) in [5.74, 6) is 1.24. The number of hydrogen-bond donors (Lipinski definition) is 3. The van der Waals surface area contributed by atoms with Gasteiger partial charge in [0.15, 0.2) is 5.96 Å². The summed E-state index contributed by atoms with van der Waals surface area (Å²) >= 11 is 0. The molecule has 0 saturated carbocycles. The van der Waals surface area contributed by atoms with Crippen LogP contribution in [0, 0.1) is 0 Å². The number of carbonyl (C=O) groups excluding carboxylic acids is 2. The van der Waals surface area contributed by atoms with E-state index < -0.39 is 0 Å². The molecule has 0 radical (unpaired) electrons. The van der Waals surface area contributed by atoms with Gasteiger partial charge in [-0.25, -0.2) is 0 Å². The van der Waals surface area contributed by atoms with Crippen LogP contribution in [0.25, 0.3) is 0 Å². The first-order valence-electron chi connectivity index (χ1n) is 10.1. The zero-order valence-corrected chi connectivity index (χ0v) is 18.6. The first-order valence-corrected chi connectivity index (χ1v) is 10.1. The fraction of sp³-hybridized carbons (Fsp3) is 0.348. The Morgan fingerprint density at radius 2 is 1.77 bits per heavy atom. The standard InChI is InChI=1S/C23H31N5O3/c1-17(29)27-20-9-6-10-21(16-20)31-14-13-26-23(24-2)25-12-11-18-7-5-8-19(15-18)22(30)28(3)4/h5-10,15-16H,11-14H2,1-4H3,(H,27,29)(H2,24,25,26). The SMILES string of the molecule is CN=C(NCCOc1cccc(NC(C)=O)c1)NCCc1cccc(C(=O)N(C)C)c1. The van der Waals surface area contributed by atoms with Crippen molar-refractivity contribution in [2.75, 3.05) is 46.2 Å². The summed E-state index contributed by atoms with van der Waals surface area (Å²) in [6, 6.07) is 14.9. The van der Waals surface area contributed by atoms with E-state index in [9.17, 15) is 9.59 Å². The second-order valence-electron chi connectivity index (χ2n) is 7.13. The highest BCUT2D eigenvalue weighted by Crippen LogP contribution is 2.17. The lowest BCUT2D eigenvalue weighted by Gasteiger charge is -2.14. The van der Waals surface area contributed by atoms with E-state index in [4.69, 9.17) is 4.74 Å². The van der Waals surface area contributed by atoms with Gasteiger partial charge in [-0.05, 0) is 36.2 Å². The molecule has 0 unspecified atom stereocenters. The van der Waals surface area contributed by atoms with Gasteiger partial charge in [-0.1, -0.05) is 18.2 Å². The Bertz CT molecular complexity index is 912. The van der Waals surface area contributed by atoms with E-state index in [1.165, 1.54) is 6.92 Å². The maximum atomic E-state index is 12.1. The summed E-state index contributed by atoms with van der Waals surface area (Å²) in [7, 11) is 5.20. The molecule has 2 aromatic rings. The lowest BCUT2D eigenvalue weighted by molar-refractivity contribution is -0.114. The van der Waals surface area contributed by atoms with Crippen molar-refractivity contribution in [1.82, 2.24) is 15.5 Å². The largest absolute Gasteiger partial charge is 0.492 e. The summed E-state index contributed by atoms with van der Waals surface area (Å²) in [6.45, 7) is 3.16. The fourth-order valence-electron chi connectivity index (χ4n) is 2.87. The molecule has 0 heterocycles. The molecule has 0 aliphatic heterocycles. The van der Waals surface area contributed by atoms with Gasteiger partial charge in [-0.3, -0.25) is 14.6 Å². The van der Waals surface area contributed by atoms with Crippen molar-refractivity contribution in [2.24, 2.45) is 4.99 Å². The van der Waals surface area contributed by atoms with Crippen LogP contribution in [-0.4, -0.2) is 63.5 Å². The molecule has 0 aliphatic rings. The minimum atomic E-state index is -0.121. The van der Waals surface area contributed by atoms with Crippen LogP contribution in [0.1, 0.15) is 22.8 Å². The molecular formula is C23H31N5O3. The maximum absolute atomic E-state index is 12.1. The van der Waals surface area contributed by atoms with Crippen LogP contribution in [0.5, 0.6) is 5.75 Å². The van der Waals surface area contributed by atoms with Crippen LogP contribution in [0.4, 0.5) is 5.69 Å². The molecular weight excluding hydrogens is 394 g/mol. The average Bonchev–Trinajstić information content (AvgIpc) is 2.74. The number of benzene rings is 2. The summed E-state index contributed by atoms with van der Waals surface area (Å²) in [5, 5.41) is 9.19. The van der Waals surface area contributed by atoms with Crippen molar-refractivity contribution in [2.45, 2.75) is 13.3 Å². The van der Waals surface area contributed by atoms with Crippen molar-refractivity contribution in [1.29, 1.82) is 0 Å². The highest BCUT2D eigenvalue weighted by Gasteiger charge is 2.08. The van der Waals surface area contributed by atoms with Gasteiger partial charge in [0, 0.05) is 51.9 Å². The molecule has 0 spiro atoms. The third-order valence-electron chi connectivity index (χ3n) is 4.33. The molecule has 3 N–H and O–H groups in total. The molecule has 0 aliphatic carbocycles. The second kappa shape index (κ2) is 12.2. The van der Waals surface area contributed by atoms with Crippen LogP contribution in [0.15, 0.2) is 53.5 Å². The first-order chi connectivity index (χ1) is 14.9. The molecule has 166 valence electrons. The number of nitrogens with zero attached hydrogens (tertiary/aromatic N) is 2. The normalized spacial score (nSPS) is 10.9. The molecule has 0 saturated heterocycles. The quantitative estimate of drug-likeness (QED) is 0.325. The average molecular weight is 426 g/mol. The number of guanidine groups is 1. The van der Waals surface area contributed by atoms with Crippen molar-refractivity contribution in [3.63, 3.8) is 0 Å². The number of amides is 2. The number of aliphatic imine (C=N–C) groups is 1. The Morgan fingerprint density at radius 3 is 2.48 bits per heavy atom. The number of nitrogens with one attached hydrogen (secondary N) is 3. The summed E-state index contributed by atoms with van der Waals surface area (Å²) in [4.78, 5) is 29.0. The lowest BCUT2D eigenvalue weighted by atomic mass is 10.1. The third kappa shape index (κ3) is 8.38.